The number of rotatable bonds is 6. The number of nitrogens with one attached hydrogen (secondary N) is 1. The summed E-state index contributed by atoms with van der Waals surface area (Å²) in [6.45, 7) is -0.361. The molecule has 6 heteroatoms. The van der Waals surface area contributed by atoms with Gasteiger partial charge in [0.15, 0.2) is 6.61 Å². The van der Waals surface area contributed by atoms with Crippen LogP contribution in [0.4, 0.5) is 5.69 Å². The molecule has 1 amide bonds. The molecule has 0 aliphatic carbocycles. The Hall–Kier alpha value is -2.53. The standard InChI is InChI=1S/C17H16ClNO4/c1-22-14-7-4-6-13(10-14)19-16(20)11-23-17(21)9-12-5-2-3-8-15(12)18/h2-8,10H,9,11H2,1H3,(H,19,20). The van der Waals surface area contributed by atoms with Crippen molar-refractivity contribution in [3.05, 3.63) is 59.1 Å². The maximum atomic E-state index is 11.8. The van der Waals surface area contributed by atoms with E-state index in [1.165, 1.54) is 7.11 Å². The molecular formula is C17H16ClNO4. The van der Waals surface area contributed by atoms with Crippen LogP contribution in [0.25, 0.3) is 0 Å². The zero-order valence-electron chi connectivity index (χ0n) is 12.5. The highest BCUT2D eigenvalue weighted by Crippen LogP contribution is 2.17. The molecule has 1 N–H and O–H groups in total. The Kier molecular flexibility index (Phi) is 6.00. The van der Waals surface area contributed by atoms with Crippen molar-refractivity contribution in [3.8, 4) is 5.75 Å². The van der Waals surface area contributed by atoms with Crippen LogP contribution in [0.5, 0.6) is 5.75 Å². The number of benzene rings is 2. The first-order chi connectivity index (χ1) is 11.1. The van der Waals surface area contributed by atoms with Crippen LogP contribution < -0.4 is 10.1 Å². The molecule has 0 aliphatic rings. The molecule has 0 aliphatic heterocycles. The lowest BCUT2D eigenvalue weighted by atomic mass is 10.1. The van der Waals surface area contributed by atoms with Crippen molar-refractivity contribution in [1.82, 2.24) is 0 Å². The van der Waals surface area contributed by atoms with Crippen molar-refractivity contribution >= 4 is 29.2 Å². The number of carbonyl (C=O) groups excluding carboxylic acids is 2. The molecule has 23 heavy (non-hydrogen) atoms. The SMILES string of the molecule is COc1cccc(NC(=O)COC(=O)Cc2ccccc2Cl)c1. The molecule has 0 heterocycles. The lowest BCUT2D eigenvalue weighted by molar-refractivity contribution is -0.146. The molecule has 0 bridgehead atoms. The molecule has 120 valence electrons. The minimum Gasteiger partial charge on any atom is -0.497 e. The average Bonchev–Trinajstić information content (AvgIpc) is 2.55. The van der Waals surface area contributed by atoms with Gasteiger partial charge in [0.2, 0.25) is 0 Å². The van der Waals surface area contributed by atoms with Crippen LogP contribution in [0.15, 0.2) is 48.5 Å². The minimum absolute atomic E-state index is 0.0200. The third kappa shape index (κ3) is 5.30. The van der Waals surface area contributed by atoms with Crippen molar-refractivity contribution in [3.63, 3.8) is 0 Å². The number of amides is 1. The van der Waals surface area contributed by atoms with Crippen LogP contribution >= 0.6 is 11.6 Å². The van der Waals surface area contributed by atoms with E-state index in [9.17, 15) is 9.59 Å². The number of methoxy groups -OCH3 is 1. The smallest absolute Gasteiger partial charge is 0.310 e. The summed E-state index contributed by atoms with van der Waals surface area (Å²) in [5, 5.41) is 3.12. The van der Waals surface area contributed by atoms with Crippen LogP contribution in [0.3, 0.4) is 0 Å². The van der Waals surface area contributed by atoms with Gasteiger partial charge in [-0.15, -0.1) is 0 Å². The van der Waals surface area contributed by atoms with E-state index in [1.807, 2.05) is 0 Å². The van der Waals surface area contributed by atoms with Crippen molar-refractivity contribution < 1.29 is 19.1 Å². The van der Waals surface area contributed by atoms with Crippen LogP contribution in [0.1, 0.15) is 5.56 Å². The van der Waals surface area contributed by atoms with Gasteiger partial charge in [-0.25, -0.2) is 0 Å². The molecule has 5 nitrogen and oxygen atoms in total. The first kappa shape index (κ1) is 16.8. The first-order valence-electron chi connectivity index (χ1n) is 6.91. The Bertz CT molecular complexity index is 702. The molecule has 0 aromatic heterocycles. The Morgan fingerprint density at radius 3 is 2.65 bits per heavy atom. The van der Waals surface area contributed by atoms with Crippen molar-refractivity contribution in [2.24, 2.45) is 0 Å². The van der Waals surface area contributed by atoms with Crippen LogP contribution in [0.2, 0.25) is 5.02 Å². The maximum absolute atomic E-state index is 11.8. The van der Waals surface area contributed by atoms with Gasteiger partial charge in [0, 0.05) is 16.8 Å². The zero-order valence-corrected chi connectivity index (χ0v) is 13.3. The molecule has 0 spiro atoms. The van der Waals surface area contributed by atoms with Crippen LogP contribution in [-0.4, -0.2) is 25.6 Å². The fourth-order valence-corrected chi connectivity index (χ4v) is 2.09. The van der Waals surface area contributed by atoms with Gasteiger partial charge in [0.05, 0.1) is 13.5 Å². The number of hydrogen-bond donors (Lipinski definition) is 1. The largest absolute Gasteiger partial charge is 0.497 e. The maximum Gasteiger partial charge on any atom is 0.310 e. The summed E-state index contributed by atoms with van der Waals surface area (Å²) in [6, 6.07) is 13.9. The van der Waals surface area contributed by atoms with E-state index in [0.29, 0.717) is 22.0 Å². The normalized spacial score (nSPS) is 10.0. The topological polar surface area (TPSA) is 64.6 Å². The van der Waals surface area contributed by atoms with Gasteiger partial charge in [-0.3, -0.25) is 9.59 Å². The summed E-state index contributed by atoms with van der Waals surface area (Å²) in [4.78, 5) is 23.5. The second-order valence-corrected chi connectivity index (χ2v) is 5.12. The minimum atomic E-state index is -0.515. The van der Waals surface area contributed by atoms with Crippen LogP contribution in [-0.2, 0) is 20.7 Å². The number of carbonyl (C=O) groups is 2. The molecule has 0 saturated heterocycles. The van der Waals surface area contributed by atoms with Crippen molar-refractivity contribution in [2.75, 3.05) is 19.0 Å². The fourth-order valence-electron chi connectivity index (χ4n) is 1.89. The highest BCUT2D eigenvalue weighted by molar-refractivity contribution is 6.31. The summed E-state index contributed by atoms with van der Waals surface area (Å²) in [5.74, 6) is -0.317. The zero-order chi connectivity index (χ0) is 16.7. The quantitative estimate of drug-likeness (QED) is 0.825. The summed E-state index contributed by atoms with van der Waals surface area (Å²) in [7, 11) is 1.54. The van der Waals surface area contributed by atoms with E-state index in [4.69, 9.17) is 21.1 Å². The van der Waals surface area contributed by atoms with Gasteiger partial charge < -0.3 is 14.8 Å². The van der Waals surface area contributed by atoms with Gasteiger partial charge >= 0.3 is 5.97 Å². The molecule has 0 unspecified atom stereocenters. The first-order valence-corrected chi connectivity index (χ1v) is 7.29. The Morgan fingerprint density at radius 1 is 1.13 bits per heavy atom. The Morgan fingerprint density at radius 2 is 1.91 bits per heavy atom. The van der Waals surface area contributed by atoms with E-state index in [0.717, 1.165) is 0 Å². The molecule has 0 fully saturated rings. The number of hydrogen-bond acceptors (Lipinski definition) is 4. The second kappa shape index (κ2) is 8.19. The summed E-state index contributed by atoms with van der Waals surface area (Å²) >= 11 is 5.97. The Balaban J connectivity index is 1.82. The molecule has 0 saturated carbocycles. The van der Waals surface area contributed by atoms with Gasteiger partial charge in [-0.2, -0.15) is 0 Å². The highest BCUT2D eigenvalue weighted by atomic mass is 35.5. The van der Waals surface area contributed by atoms with E-state index < -0.39 is 11.9 Å². The summed E-state index contributed by atoms with van der Waals surface area (Å²) < 4.78 is 10.0. The summed E-state index contributed by atoms with van der Waals surface area (Å²) in [5.41, 5.74) is 1.23. The molecule has 0 atom stereocenters. The number of ether oxygens (including phenoxy) is 2. The van der Waals surface area contributed by atoms with E-state index in [-0.39, 0.29) is 13.0 Å². The van der Waals surface area contributed by atoms with E-state index in [2.05, 4.69) is 5.32 Å². The molecule has 2 aromatic rings. The Labute approximate surface area is 139 Å². The molecular weight excluding hydrogens is 318 g/mol. The average molecular weight is 334 g/mol. The molecule has 0 radical (unpaired) electrons. The second-order valence-electron chi connectivity index (χ2n) is 4.71. The van der Waals surface area contributed by atoms with Gasteiger partial charge in [0.1, 0.15) is 5.75 Å². The molecule has 2 rings (SSSR count). The van der Waals surface area contributed by atoms with Gasteiger partial charge in [0.25, 0.3) is 5.91 Å². The number of anilines is 1. The highest BCUT2D eigenvalue weighted by Gasteiger charge is 2.11. The van der Waals surface area contributed by atoms with Crippen molar-refractivity contribution in [2.45, 2.75) is 6.42 Å². The van der Waals surface area contributed by atoms with Gasteiger partial charge in [-0.05, 0) is 23.8 Å². The predicted molar refractivity (Wildman–Crippen MR) is 87.7 cm³/mol. The lowest BCUT2D eigenvalue weighted by Gasteiger charge is -2.08. The van der Waals surface area contributed by atoms with Crippen LogP contribution in [0, 0.1) is 0 Å². The lowest BCUT2D eigenvalue weighted by Crippen LogP contribution is -2.21. The summed E-state index contributed by atoms with van der Waals surface area (Å²) in [6.07, 6.45) is 0.0200. The monoisotopic (exact) mass is 333 g/mol. The van der Waals surface area contributed by atoms with E-state index >= 15 is 0 Å². The third-order valence-corrected chi connectivity index (χ3v) is 3.38. The van der Waals surface area contributed by atoms with Gasteiger partial charge in [-0.1, -0.05) is 35.9 Å². The fraction of sp³-hybridized carbons (Fsp3) is 0.176. The third-order valence-electron chi connectivity index (χ3n) is 3.01. The predicted octanol–water partition coefficient (Wildman–Crippen LogP) is 3.07. The number of halogens is 1. The van der Waals surface area contributed by atoms with E-state index in [1.54, 1.807) is 48.5 Å². The van der Waals surface area contributed by atoms with Crippen molar-refractivity contribution in [1.29, 1.82) is 0 Å². The number of esters is 1. The molecule has 2 aromatic carbocycles.